The van der Waals surface area contributed by atoms with Crippen LogP contribution in [-0.2, 0) is 5.75 Å². The summed E-state index contributed by atoms with van der Waals surface area (Å²) < 4.78 is 0. The van der Waals surface area contributed by atoms with Gasteiger partial charge < -0.3 is 10.2 Å². The van der Waals surface area contributed by atoms with Gasteiger partial charge in [-0.3, -0.25) is 0 Å². The zero-order valence-electron chi connectivity index (χ0n) is 9.73. The van der Waals surface area contributed by atoms with Gasteiger partial charge in [0.05, 0.1) is 18.7 Å². The second-order valence-electron chi connectivity index (χ2n) is 4.03. The van der Waals surface area contributed by atoms with E-state index in [-0.39, 0.29) is 0 Å². The monoisotopic (exact) mass is 247 g/mol. The first-order chi connectivity index (χ1) is 8.28. The van der Waals surface area contributed by atoms with Crippen LogP contribution in [-0.4, -0.2) is 25.6 Å². The molecule has 0 spiro atoms. The first kappa shape index (κ1) is 12.0. The smallest absolute Gasteiger partial charge is 0.175 e. The lowest BCUT2D eigenvalue weighted by atomic mass is 10.2. The van der Waals surface area contributed by atoms with E-state index in [1.807, 2.05) is 24.3 Å². The molecule has 1 heterocycles. The van der Waals surface area contributed by atoms with E-state index in [1.165, 1.54) is 10.5 Å². The molecule has 1 atom stereocenters. The van der Waals surface area contributed by atoms with Crippen molar-refractivity contribution in [1.29, 1.82) is 5.26 Å². The summed E-state index contributed by atoms with van der Waals surface area (Å²) in [6.07, 6.45) is 0. The molecule has 1 aliphatic heterocycles. The molecule has 1 aliphatic rings. The highest BCUT2D eigenvalue weighted by molar-refractivity contribution is 8.13. The minimum Gasteiger partial charge on any atom is -0.318 e. The van der Waals surface area contributed by atoms with Gasteiger partial charge in [-0.25, -0.2) is 4.99 Å². The molecule has 0 aromatic heterocycles. The predicted molar refractivity (Wildman–Crippen MR) is 69.6 cm³/mol. The highest BCUT2D eigenvalue weighted by Crippen LogP contribution is 2.13. The summed E-state index contributed by atoms with van der Waals surface area (Å²) in [5.74, 6) is 0.886. The molecule has 1 aromatic carbocycles. The van der Waals surface area contributed by atoms with Gasteiger partial charge in [0.2, 0.25) is 0 Å². The van der Waals surface area contributed by atoms with Crippen molar-refractivity contribution < 1.29 is 4.90 Å². The number of amidine groups is 1. The Morgan fingerprint density at radius 2 is 2.24 bits per heavy atom. The molecule has 88 valence electrons. The number of hydrogen-bond donors (Lipinski definition) is 2. The second kappa shape index (κ2) is 5.71. The Morgan fingerprint density at radius 1 is 1.47 bits per heavy atom. The fraction of sp³-hybridized carbons (Fsp3) is 0.333. The largest absolute Gasteiger partial charge is 0.318 e. The minimum absolute atomic E-state index is 0.706. The molecule has 0 saturated heterocycles. The van der Waals surface area contributed by atoms with Crippen LogP contribution in [0.15, 0.2) is 29.3 Å². The molecule has 5 heteroatoms. The Morgan fingerprint density at radius 3 is 2.82 bits per heavy atom. The highest BCUT2D eigenvalue weighted by Gasteiger charge is 2.10. The van der Waals surface area contributed by atoms with E-state index in [2.05, 4.69) is 23.4 Å². The van der Waals surface area contributed by atoms with Crippen molar-refractivity contribution >= 4 is 16.9 Å². The summed E-state index contributed by atoms with van der Waals surface area (Å²) in [6, 6.07) is 9.81. The number of nitrogens with zero attached hydrogens (tertiary/aromatic N) is 2. The minimum atomic E-state index is 0.706. The first-order valence-electron chi connectivity index (χ1n) is 5.49. The van der Waals surface area contributed by atoms with Crippen LogP contribution in [0, 0.1) is 11.3 Å². The van der Waals surface area contributed by atoms with Gasteiger partial charge in [-0.05, 0) is 17.7 Å². The quantitative estimate of drug-likeness (QED) is 0.784. The van der Waals surface area contributed by atoms with Crippen molar-refractivity contribution in [3.8, 4) is 6.07 Å². The number of benzene rings is 1. The number of quaternary nitrogens is 1. The summed E-state index contributed by atoms with van der Waals surface area (Å²) >= 11 is 1.71. The molecule has 1 aromatic rings. The summed E-state index contributed by atoms with van der Waals surface area (Å²) in [5.41, 5.74) is 1.92. The SMILES string of the molecule is C[NH+]1CN=C(SCc2ccc(C#N)cc2)NC1. The average molecular weight is 247 g/mol. The van der Waals surface area contributed by atoms with E-state index in [4.69, 9.17) is 5.26 Å². The first-order valence-corrected chi connectivity index (χ1v) is 6.48. The molecule has 0 bridgehead atoms. The number of thioether (sulfide) groups is 1. The molecule has 17 heavy (non-hydrogen) atoms. The van der Waals surface area contributed by atoms with E-state index >= 15 is 0 Å². The van der Waals surface area contributed by atoms with Crippen molar-refractivity contribution in [3.05, 3.63) is 35.4 Å². The number of rotatable bonds is 2. The van der Waals surface area contributed by atoms with Crippen LogP contribution in [0.25, 0.3) is 0 Å². The van der Waals surface area contributed by atoms with E-state index in [9.17, 15) is 0 Å². The van der Waals surface area contributed by atoms with Crippen LogP contribution < -0.4 is 10.2 Å². The molecule has 0 amide bonds. The highest BCUT2D eigenvalue weighted by atomic mass is 32.2. The zero-order valence-corrected chi connectivity index (χ0v) is 10.5. The number of aliphatic imine (C=N–C) groups is 1. The Bertz CT molecular complexity index is 447. The van der Waals surface area contributed by atoms with Crippen molar-refractivity contribution in [2.75, 3.05) is 20.4 Å². The van der Waals surface area contributed by atoms with E-state index in [0.29, 0.717) is 5.56 Å². The number of hydrogen-bond acceptors (Lipinski definition) is 4. The summed E-state index contributed by atoms with van der Waals surface area (Å²) in [4.78, 5) is 5.81. The van der Waals surface area contributed by atoms with Crippen LogP contribution >= 0.6 is 11.8 Å². The summed E-state index contributed by atoms with van der Waals surface area (Å²) in [7, 11) is 2.11. The van der Waals surface area contributed by atoms with E-state index in [1.54, 1.807) is 11.8 Å². The fourth-order valence-corrected chi connectivity index (χ4v) is 2.29. The Kier molecular flexibility index (Phi) is 4.02. The number of nitrogens with one attached hydrogen (secondary N) is 2. The van der Waals surface area contributed by atoms with Gasteiger partial charge >= 0.3 is 0 Å². The Balaban J connectivity index is 1.87. The van der Waals surface area contributed by atoms with Crippen LogP contribution in [0.5, 0.6) is 0 Å². The van der Waals surface area contributed by atoms with Crippen molar-refractivity contribution in [2.45, 2.75) is 5.75 Å². The van der Waals surface area contributed by atoms with Gasteiger partial charge in [-0.1, -0.05) is 23.9 Å². The molecule has 0 aliphatic carbocycles. The third-order valence-corrected chi connectivity index (χ3v) is 3.52. The lowest BCUT2D eigenvalue weighted by Crippen LogP contribution is -3.11. The molecule has 2 rings (SSSR count). The van der Waals surface area contributed by atoms with Crippen molar-refractivity contribution in [2.24, 2.45) is 4.99 Å². The third kappa shape index (κ3) is 3.48. The lowest BCUT2D eigenvalue weighted by Gasteiger charge is -2.19. The zero-order chi connectivity index (χ0) is 12.1. The van der Waals surface area contributed by atoms with Crippen LogP contribution in [0.1, 0.15) is 11.1 Å². The van der Waals surface area contributed by atoms with Gasteiger partial charge in [0.15, 0.2) is 18.5 Å². The maximum Gasteiger partial charge on any atom is 0.175 e. The van der Waals surface area contributed by atoms with Gasteiger partial charge in [-0.15, -0.1) is 0 Å². The molecule has 0 fully saturated rings. The molecule has 2 N–H and O–H groups in total. The van der Waals surface area contributed by atoms with Crippen molar-refractivity contribution in [3.63, 3.8) is 0 Å². The Labute approximate surface area is 105 Å². The predicted octanol–water partition coefficient (Wildman–Crippen LogP) is 0.180. The second-order valence-corrected chi connectivity index (χ2v) is 4.99. The van der Waals surface area contributed by atoms with Gasteiger partial charge in [0, 0.05) is 5.75 Å². The average Bonchev–Trinajstić information content (AvgIpc) is 2.39. The summed E-state index contributed by atoms with van der Waals surface area (Å²) in [5, 5.41) is 13.0. The molecule has 4 nitrogen and oxygen atoms in total. The topological polar surface area (TPSA) is 52.6 Å². The number of nitriles is 1. The standard InChI is InChI=1S/C12H14N4S/c1-16-8-14-12(15-9-16)17-7-11-4-2-10(6-13)3-5-11/h2-5H,7-9H2,1H3,(H,14,15)/p+1. The van der Waals surface area contributed by atoms with Gasteiger partial charge in [0.25, 0.3) is 0 Å². The normalized spacial score (nSPS) is 19.1. The van der Waals surface area contributed by atoms with Gasteiger partial charge in [0.1, 0.15) is 0 Å². The van der Waals surface area contributed by atoms with E-state index in [0.717, 1.165) is 24.3 Å². The molecule has 0 radical (unpaired) electrons. The lowest BCUT2D eigenvalue weighted by molar-refractivity contribution is -0.882. The molecular weight excluding hydrogens is 232 g/mol. The maximum atomic E-state index is 8.70. The van der Waals surface area contributed by atoms with Crippen LogP contribution in [0.2, 0.25) is 0 Å². The van der Waals surface area contributed by atoms with Crippen LogP contribution in [0.4, 0.5) is 0 Å². The maximum absolute atomic E-state index is 8.70. The Hall–Kier alpha value is -1.51. The summed E-state index contributed by atoms with van der Waals surface area (Å²) in [6.45, 7) is 1.77. The van der Waals surface area contributed by atoms with E-state index < -0.39 is 0 Å². The van der Waals surface area contributed by atoms with Gasteiger partial charge in [-0.2, -0.15) is 5.26 Å². The fourth-order valence-electron chi connectivity index (χ4n) is 1.47. The van der Waals surface area contributed by atoms with Crippen LogP contribution in [0.3, 0.4) is 0 Å². The third-order valence-electron chi connectivity index (χ3n) is 2.49. The molecular formula is C12H15N4S+. The molecule has 0 saturated carbocycles. The molecule has 1 unspecified atom stereocenters. The van der Waals surface area contributed by atoms with Crippen molar-refractivity contribution in [1.82, 2.24) is 5.32 Å².